The molecule has 2 fully saturated rings. The summed E-state index contributed by atoms with van der Waals surface area (Å²) in [6, 6.07) is 0. The maximum atomic E-state index is 14.1. The van der Waals surface area contributed by atoms with Crippen molar-refractivity contribution in [3.8, 4) is 0 Å². The van der Waals surface area contributed by atoms with Crippen molar-refractivity contribution in [3.63, 3.8) is 0 Å². The summed E-state index contributed by atoms with van der Waals surface area (Å²) < 4.78 is 24.0. The number of hydrogen-bond donors (Lipinski definition) is 0. The van der Waals surface area contributed by atoms with Gasteiger partial charge in [0, 0.05) is 6.42 Å². The molecule has 0 aromatic carbocycles. The smallest absolute Gasteiger partial charge is 0.347 e. The van der Waals surface area contributed by atoms with E-state index in [-0.39, 0.29) is 18.4 Å². The molecule has 1 aliphatic heterocycles. The molecule has 4 nitrogen and oxygen atoms in total. The quantitative estimate of drug-likeness (QED) is 0.737. The first kappa shape index (κ1) is 14.3. The van der Waals surface area contributed by atoms with Gasteiger partial charge in [-0.15, -0.1) is 0 Å². The second-order valence-electron chi connectivity index (χ2n) is 6.09. The lowest BCUT2D eigenvalue weighted by Crippen LogP contribution is -2.57. The second kappa shape index (κ2) is 5.10. The van der Waals surface area contributed by atoms with Gasteiger partial charge in [0.2, 0.25) is 6.10 Å². The van der Waals surface area contributed by atoms with Gasteiger partial charge in [0.15, 0.2) is 0 Å². The van der Waals surface area contributed by atoms with Crippen LogP contribution in [0, 0.1) is 17.3 Å². The van der Waals surface area contributed by atoms with Gasteiger partial charge in [-0.2, -0.15) is 0 Å². The van der Waals surface area contributed by atoms with Crippen molar-refractivity contribution >= 4 is 11.9 Å². The first-order valence-corrected chi connectivity index (χ1v) is 6.89. The Labute approximate surface area is 112 Å². The average molecular weight is 272 g/mol. The van der Waals surface area contributed by atoms with Crippen LogP contribution in [0.5, 0.6) is 0 Å². The van der Waals surface area contributed by atoms with E-state index in [4.69, 9.17) is 9.47 Å². The van der Waals surface area contributed by atoms with Crippen LogP contribution in [0.2, 0.25) is 0 Å². The highest BCUT2D eigenvalue weighted by molar-refractivity contribution is 5.84. The zero-order valence-electron chi connectivity index (χ0n) is 11.6. The molecule has 0 bridgehead atoms. The summed E-state index contributed by atoms with van der Waals surface area (Å²) in [6.45, 7) is 6.04. The normalized spacial score (nSPS) is 37.9. The van der Waals surface area contributed by atoms with Gasteiger partial charge >= 0.3 is 11.9 Å². The van der Waals surface area contributed by atoms with E-state index in [0.29, 0.717) is 19.3 Å². The van der Waals surface area contributed by atoms with Crippen molar-refractivity contribution in [1.82, 2.24) is 0 Å². The highest BCUT2D eigenvalue weighted by atomic mass is 19.1. The average Bonchev–Trinajstić information content (AvgIpc) is 2.71. The molecule has 0 radical (unpaired) electrons. The van der Waals surface area contributed by atoms with Gasteiger partial charge in [-0.3, -0.25) is 4.79 Å². The molecule has 19 heavy (non-hydrogen) atoms. The molecule has 4 atom stereocenters. The topological polar surface area (TPSA) is 52.6 Å². The van der Waals surface area contributed by atoms with Crippen LogP contribution >= 0.6 is 0 Å². The first-order chi connectivity index (χ1) is 8.87. The summed E-state index contributed by atoms with van der Waals surface area (Å²) in [4.78, 5) is 23.7. The predicted octanol–water partition coefficient (Wildman–Crippen LogP) is 2.26. The summed E-state index contributed by atoms with van der Waals surface area (Å²) in [5, 5.41) is 0. The van der Waals surface area contributed by atoms with Crippen molar-refractivity contribution in [2.45, 2.75) is 52.3 Å². The fourth-order valence-corrected chi connectivity index (χ4v) is 3.12. The van der Waals surface area contributed by atoms with Gasteiger partial charge in [0.05, 0.1) is 6.61 Å². The maximum absolute atomic E-state index is 14.1. The number of halogens is 1. The monoisotopic (exact) mass is 272 g/mol. The molecule has 5 heteroatoms. The van der Waals surface area contributed by atoms with Crippen LogP contribution in [0.15, 0.2) is 0 Å². The van der Waals surface area contributed by atoms with E-state index < -0.39 is 29.6 Å². The molecule has 0 spiro atoms. The molecule has 0 N–H and O–H groups in total. The summed E-state index contributed by atoms with van der Waals surface area (Å²) in [5.74, 6) is -0.939. The number of alkyl halides is 1. The fourth-order valence-electron chi connectivity index (χ4n) is 3.12. The van der Waals surface area contributed by atoms with E-state index in [1.54, 1.807) is 0 Å². The van der Waals surface area contributed by atoms with Crippen molar-refractivity contribution in [2.24, 2.45) is 17.3 Å². The van der Waals surface area contributed by atoms with Crippen LogP contribution in [-0.4, -0.2) is 30.8 Å². The van der Waals surface area contributed by atoms with E-state index in [1.807, 2.05) is 20.8 Å². The van der Waals surface area contributed by atoms with Crippen LogP contribution in [0.1, 0.15) is 40.0 Å². The summed E-state index contributed by atoms with van der Waals surface area (Å²) >= 11 is 0. The van der Waals surface area contributed by atoms with Crippen LogP contribution in [-0.2, 0) is 19.1 Å². The number of ether oxygens (including phenoxy) is 2. The molecule has 1 saturated carbocycles. The Kier molecular flexibility index (Phi) is 3.83. The van der Waals surface area contributed by atoms with Crippen LogP contribution in [0.25, 0.3) is 0 Å². The lowest BCUT2D eigenvalue weighted by Gasteiger charge is -2.49. The molecular weight excluding hydrogens is 251 g/mol. The van der Waals surface area contributed by atoms with E-state index >= 15 is 0 Å². The molecule has 108 valence electrons. The van der Waals surface area contributed by atoms with Crippen molar-refractivity contribution < 1.29 is 23.5 Å². The third kappa shape index (κ3) is 2.35. The number of carbonyl (C=O) groups is 2. The van der Waals surface area contributed by atoms with Crippen LogP contribution in [0.3, 0.4) is 0 Å². The van der Waals surface area contributed by atoms with E-state index in [9.17, 15) is 14.0 Å². The Morgan fingerprint density at radius 3 is 2.68 bits per heavy atom. The highest BCUT2D eigenvalue weighted by Crippen LogP contribution is 2.53. The SMILES string of the molecule is CC(C)CC1(C(=O)OC2CCOC2=O)C(C)CC1F. The Morgan fingerprint density at radius 2 is 2.26 bits per heavy atom. The number of hydrogen-bond acceptors (Lipinski definition) is 4. The molecule has 0 amide bonds. The molecule has 4 unspecified atom stereocenters. The summed E-state index contributed by atoms with van der Waals surface area (Å²) in [7, 11) is 0. The summed E-state index contributed by atoms with van der Waals surface area (Å²) in [6.07, 6.45) is -0.813. The van der Waals surface area contributed by atoms with Gasteiger partial charge in [0.25, 0.3) is 0 Å². The largest absolute Gasteiger partial charge is 0.463 e. The van der Waals surface area contributed by atoms with Gasteiger partial charge < -0.3 is 9.47 Å². The maximum Gasteiger partial charge on any atom is 0.347 e. The van der Waals surface area contributed by atoms with E-state index in [0.717, 1.165) is 0 Å². The Morgan fingerprint density at radius 1 is 1.58 bits per heavy atom. The Hall–Kier alpha value is -1.13. The molecule has 0 aromatic heterocycles. The number of cyclic esters (lactones) is 1. The first-order valence-electron chi connectivity index (χ1n) is 6.89. The predicted molar refractivity (Wildman–Crippen MR) is 66.0 cm³/mol. The molecular formula is C14H21FO4. The molecule has 1 saturated heterocycles. The minimum Gasteiger partial charge on any atom is -0.463 e. The minimum atomic E-state index is -1.17. The van der Waals surface area contributed by atoms with Gasteiger partial charge in [-0.25, -0.2) is 9.18 Å². The molecule has 1 heterocycles. The third-order valence-corrected chi connectivity index (χ3v) is 4.26. The molecule has 0 aromatic rings. The van der Waals surface area contributed by atoms with Crippen LogP contribution in [0.4, 0.5) is 4.39 Å². The summed E-state index contributed by atoms with van der Waals surface area (Å²) in [5.41, 5.74) is -1.07. The van der Waals surface area contributed by atoms with E-state index in [1.165, 1.54) is 0 Å². The zero-order chi connectivity index (χ0) is 14.2. The molecule has 1 aliphatic carbocycles. The van der Waals surface area contributed by atoms with E-state index in [2.05, 4.69) is 0 Å². The number of esters is 2. The van der Waals surface area contributed by atoms with Crippen molar-refractivity contribution in [3.05, 3.63) is 0 Å². The number of rotatable bonds is 4. The molecule has 2 rings (SSSR count). The lowest BCUT2D eigenvalue weighted by molar-refractivity contribution is -0.190. The third-order valence-electron chi connectivity index (χ3n) is 4.26. The molecule has 2 aliphatic rings. The lowest BCUT2D eigenvalue weighted by atomic mass is 9.56. The zero-order valence-corrected chi connectivity index (χ0v) is 11.6. The highest BCUT2D eigenvalue weighted by Gasteiger charge is 2.60. The van der Waals surface area contributed by atoms with Gasteiger partial charge in [-0.1, -0.05) is 20.8 Å². The van der Waals surface area contributed by atoms with Crippen LogP contribution < -0.4 is 0 Å². The minimum absolute atomic E-state index is 0.0465. The van der Waals surface area contributed by atoms with Gasteiger partial charge in [0.1, 0.15) is 11.6 Å². The standard InChI is InChI=1S/C14H21FO4/c1-8(2)7-14(9(3)6-11(14)15)13(17)19-10-4-5-18-12(10)16/h8-11H,4-7H2,1-3H3. The number of carbonyl (C=O) groups excluding carboxylic acids is 2. The second-order valence-corrected chi connectivity index (χ2v) is 6.09. The fraction of sp³-hybridized carbons (Fsp3) is 0.857. The van der Waals surface area contributed by atoms with Crippen molar-refractivity contribution in [1.29, 1.82) is 0 Å². The Balaban J connectivity index is 2.10. The van der Waals surface area contributed by atoms with Crippen molar-refractivity contribution in [2.75, 3.05) is 6.61 Å². The van der Waals surface area contributed by atoms with Gasteiger partial charge in [-0.05, 0) is 24.7 Å². The Bertz CT molecular complexity index is 372.